The number of carbonyl (C=O) groups is 1. The number of sulfonamides is 1. The Morgan fingerprint density at radius 1 is 1.15 bits per heavy atom. The molecule has 0 radical (unpaired) electrons. The van der Waals surface area contributed by atoms with Crippen LogP contribution in [0.1, 0.15) is 30.4 Å². The van der Waals surface area contributed by atoms with Gasteiger partial charge in [-0.15, -0.1) is 0 Å². The summed E-state index contributed by atoms with van der Waals surface area (Å²) < 4.78 is 27.5. The van der Waals surface area contributed by atoms with Gasteiger partial charge < -0.3 is 10.2 Å². The molecule has 2 aliphatic heterocycles. The lowest BCUT2D eigenvalue weighted by molar-refractivity contribution is -0.135. The molecule has 27 heavy (non-hydrogen) atoms. The summed E-state index contributed by atoms with van der Waals surface area (Å²) in [5.74, 6) is 0.685. The van der Waals surface area contributed by atoms with Crippen LogP contribution >= 0.6 is 0 Å². The minimum Gasteiger partial charge on any atom is -0.342 e. The Morgan fingerprint density at radius 2 is 1.85 bits per heavy atom. The number of piperidine rings is 1. The first kappa shape index (κ1) is 20.3. The fourth-order valence-corrected chi connectivity index (χ4v) is 5.99. The van der Waals surface area contributed by atoms with E-state index < -0.39 is 10.0 Å². The lowest BCUT2D eigenvalue weighted by Gasteiger charge is -2.32. The predicted octanol–water partition coefficient (Wildman–Crippen LogP) is 1.77. The molecule has 2 fully saturated rings. The number of amides is 1. The maximum Gasteiger partial charge on any atom is 0.243 e. The molecule has 0 saturated carbocycles. The average Bonchev–Trinajstić information content (AvgIpc) is 3.10. The zero-order chi connectivity index (χ0) is 19.6. The Balaban J connectivity index is 1.61. The molecular formula is C20H31N3O3S. The third-order valence-electron chi connectivity index (χ3n) is 5.84. The Bertz CT molecular complexity index is 786. The van der Waals surface area contributed by atoms with Crippen LogP contribution in [0.3, 0.4) is 0 Å². The zero-order valence-electron chi connectivity index (χ0n) is 16.6. The van der Waals surface area contributed by atoms with E-state index in [4.69, 9.17) is 0 Å². The number of carbonyl (C=O) groups excluding carboxylic acids is 1. The van der Waals surface area contributed by atoms with E-state index in [1.165, 1.54) is 0 Å². The lowest BCUT2D eigenvalue weighted by Crippen LogP contribution is -2.44. The number of nitrogens with zero attached hydrogens (tertiary/aromatic N) is 2. The first-order valence-electron chi connectivity index (χ1n) is 9.83. The fraction of sp³-hybridized carbons (Fsp3) is 0.650. The third kappa shape index (κ3) is 4.36. The summed E-state index contributed by atoms with van der Waals surface area (Å²) in [4.78, 5) is 15.2. The predicted molar refractivity (Wildman–Crippen MR) is 106 cm³/mol. The summed E-state index contributed by atoms with van der Waals surface area (Å²) >= 11 is 0. The van der Waals surface area contributed by atoms with Crippen LogP contribution in [0.2, 0.25) is 0 Å². The van der Waals surface area contributed by atoms with E-state index in [1.807, 2.05) is 37.9 Å². The van der Waals surface area contributed by atoms with Crippen molar-refractivity contribution in [2.75, 3.05) is 39.8 Å². The molecule has 7 heteroatoms. The number of benzene rings is 1. The van der Waals surface area contributed by atoms with Crippen LogP contribution in [-0.2, 0) is 14.8 Å². The van der Waals surface area contributed by atoms with Crippen LogP contribution < -0.4 is 5.32 Å². The number of hydrogen-bond acceptors (Lipinski definition) is 4. The van der Waals surface area contributed by atoms with Crippen molar-refractivity contribution in [1.29, 1.82) is 0 Å². The van der Waals surface area contributed by atoms with Crippen LogP contribution in [0.15, 0.2) is 23.1 Å². The van der Waals surface area contributed by atoms with Gasteiger partial charge in [-0.1, -0.05) is 17.7 Å². The van der Waals surface area contributed by atoms with Crippen molar-refractivity contribution in [3.63, 3.8) is 0 Å². The number of likely N-dealkylation sites (tertiary alicyclic amines) is 1. The van der Waals surface area contributed by atoms with Gasteiger partial charge in [0.2, 0.25) is 15.9 Å². The summed E-state index contributed by atoms with van der Waals surface area (Å²) in [6.45, 7) is 7.22. The number of aryl methyl sites for hydroxylation is 2. The molecule has 0 aliphatic carbocycles. The Morgan fingerprint density at radius 3 is 2.48 bits per heavy atom. The Labute approximate surface area is 163 Å². The fourth-order valence-electron chi connectivity index (χ4n) is 4.32. The highest BCUT2D eigenvalue weighted by Crippen LogP contribution is 2.28. The second-order valence-electron chi connectivity index (χ2n) is 7.94. The molecule has 1 amide bonds. The molecule has 150 valence electrons. The Kier molecular flexibility index (Phi) is 6.23. The van der Waals surface area contributed by atoms with Crippen LogP contribution in [0.4, 0.5) is 0 Å². The quantitative estimate of drug-likeness (QED) is 0.828. The first-order valence-corrected chi connectivity index (χ1v) is 11.3. The molecular weight excluding hydrogens is 362 g/mol. The second-order valence-corrected chi connectivity index (χ2v) is 9.85. The largest absolute Gasteiger partial charge is 0.342 e. The van der Waals surface area contributed by atoms with Crippen molar-refractivity contribution in [1.82, 2.24) is 14.5 Å². The summed E-state index contributed by atoms with van der Waals surface area (Å²) in [7, 11) is -1.55. The van der Waals surface area contributed by atoms with E-state index >= 15 is 0 Å². The third-order valence-corrected chi connectivity index (χ3v) is 7.90. The minimum atomic E-state index is -3.49. The summed E-state index contributed by atoms with van der Waals surface area (Å²) in [6, 6.07) is 5.44. The van der Waals surface area contributed by atoms with E-state index in [9.17, 15) is 13.2 Å². The Hall–Kier alpha value is -1.44. The van der Waals surface area contributed by atoms with Crippen LogP contribution in [0.5, 0.6) is 0 Å². The zero-order valence-corrected chi connectivity index (χ0v) is 17.4. The van der Waals surface area contributed by atoms with Gasteiger partial charge in [0.1, 0.15) is 0 Å². The van der Waals surface area contributed by atoms with Crippen LogP contribution in [0.25, 0.3) is 0 Å². The van der Waals surface area contributed by atoms with Crippen LogP contribution in [-0.4, -0.2) is 63.3 Å². The van der Waals surface area contributed by atoms with E-state index in [0.717, 1.165) is 37.2 Å². The second kappa shape index (κ2) is 8.29. The molecule has 2 heterocycles. The van der Waals surface area contributed by atoms with E-state index in [1.54, 1.807) is 10.4 Å². The molecule has 0 aromatic heterocycles. The van der Waals surface area contributed by atoms with Crippen molar-refractivity contribution < 1.29 is 13.2 Å². The number of nitrogens with one attached hydrogen (secondary N) is 1. The van der Waals surface area contributed by atoms with Gasteiger partial charge in [-0.2, -0.15) is 4.31 Å². The first-order chi connectivity index (χ1) is 12.8. The SMILES string of the molecule is CNCC1CCN(C(=O)C2CCN(S(=O)(=O)c3ccc(C)cc3C)CC2)C1. The van der Waals surface area contributed by atoms with Gasteiger partial charge in [-0.05, 0) is 64.3 Å². The molecule has 1 aromatic rings. The highest BCUT2D eigenvalue weighted by molar-refractivity contribution is 7.89. The standard InChI is InChI=1S/C20H31N3O3S/c1-15-4-5-19(16(2)12-15)27(25,26)23-10-7-18(8-11-23)20(24)22-9-6-17(14-22)13-21-3/h4-5,12,17-18,21H,6-11,13-14H2,1-3H3. The molecule has 1 N–H and O–H groups in total. The topological polar surface area (TPSA) is 69.7 Å². The van der Waals surface area contributed by atoms with Gasteiger partial charge in [0, 0.05) is 32.1 Å². The smallest absolute Gasteiger partial charge is 0.243 e. The summed E-state index contributed by atoms with van der Waals surface area (Å²) in [6.07, 6.45) is 2.26. The molecule has 1 aromatic carbocycles. The van der Waals surface area contributed by atoms with E-state index in [-0.39, 0.29) is 11.8 Å². The maximum absolute atomic E-state index is 13.0. The van der Waals surface area contributed by atoms with Gasteiger partial charge in [0.25, 0.3) is 0 Å². The van der Waals surface area contributed by atoms with Crippen LogP contribution in [0, 0.1) is 25.7 Å². The molecule has 0 bridgehead atoms. The highest BCUT2D eigenvalue weighted by Gasteiger charge is 2.36. The molecule has 2 saturated heterocycles. The minimum absolute atomic E-state index is 0.0519. The van der Waals surface area contributed by atoms with Gasteiger partial charge in [-0.25, -0.2) is 8.42 Å². The van der Waals surface area contributed by atoms with Crippen molar-refractivity contribution in [2.24, 2.45) is 11.8 Å². The van der Waals surface area contributed by atoms with Gasteiger partial charge in [0.15, 0.2) is 0 Å². The molecule has 6 nitrogen and oxygen atoms in total. The van der Waals surface area contributed by atoms with Crippen molar-refractivity contribution in [3.05, 3.63) is 29.3 Å². The van der Waals surface area contributed by atoms with Gasteiger partial charge in [0.05, 0.1) is 4.90 Å². The molecule has 1 unspecified atom stereocenters. The van der Waals surface area contributed by atoms with Gasteiger partial charge in [-0.3, -0.25) is 4.79 Å². The van der Waals surface area contributed by atoms with Gasteiger partial charge >= 0.3 is 0 Å². The lowest BCUT2D eigenvalue weighted by atomic mass is 9.96. The van der Waals surface area contributed by atoms with Crippen molar-refractivity contribution >= 4 is 15.9 Å². The monoisotopic (exact) mass is 393 g/mol. The average molecular weight is 394 g/mol. The van der Waals surface area contributed by atoms with E-state index in [0.29, 0.717) is 36.7 Å². The maximum atomic E-state index is 13.0. The number of rotatable bonds is 5. The normalized spacial score (nSPS) is 22.3. The van der Waals surface area contributed by atoms with Crippen molar-refractivity contribution in [2.45, 2.75) is 38.0 Å². The van der Waals surface area contributed by atoms with E-state index in [2.05, 4.69) is 5.32 Å². The molecule has 1 atom stereocenters. The molecule has 0 spiro atoms. The summed E-state index contributed by atoms with van der Waals surface area (Å²) in [5, 5.41) is 3.18. The molecule has 2 aliphatic rings. The highest BCUT2D eigenvalue weighted by atomic mass is 32.2. The van der Waals surface area contributed by atoms with Crippen molar-refractivity contribution in [3.8, 4) is 0 Å². The summed E-state index contributed by atoms with van der Waals surface area (Å²) in [5.41, 5.74) is 1.83. The number of hydrogen-bond donors (Lipinski definition) is 1. The molecule has 3 rings (SSSR count).